The first-order valence-electron chi connectivity index (χ1n) is 8.11. The number of hydrogen-bond donors (Lipinski definition) is 2. The van der Waals surface area contributed by atoms with Gasteiger partial charge >= 0.3 is 0 Å². The summed E-state index contributed by atoms with van der Waals surface area (Å²) in [6.07, 6.45) is 9.72. The average Bonchev–Trinajstić information content (AvgIpc) is 3.10. The number of pyridine rings is 1. The van der Waals surface area contributed by atoms with Gasteiger partial charge in [-0.15, -0.1) is 0 Å². The fourth-order valence-electron chi connectivity index (χ4n) is 2.58. The molecule has 0 aliphatic carbocycles. The van der Waals surface area contributed by atoms with E-state index in [0.29, 0.717) is 17.0 Å². The van der Waals surface area contributed by atoms with Crippen LogP contribution in [-0.2, 0) is 5.60 Å². The Morgan fingerprint density at radius 3 is 2.81 bits per heavy atom. The van der Waals surface area contributed by atoms with Crippen molar-refractivity contribution in [1.29, 1.82) is 0 Å². The zero-order valence-corrected chi connectivity index (χ0v) is 14.4. The lowest BCUT2D eigenvalue weighted by Crippen LogP contribution is -2.20. The first-order valence-corrected chi connectivity index (χ1v) is 8.11. The van der Waals surface area contributed by atoms with Crippen molar-refractivity contribution in [3.63, 3.8) is 0 Å². The zero-order chi connectivity index (χ0) is 18.9. The average molecular weight is 357 g/mol. The quantitative estimate of drug-likeness (QED) is 0.522. The fourth-order valence-corrected chi connectivity index (χ4v) is 2.58. The Kier molecular flexibility index (Phi) is 3.99. The van der Waals surface area contributed by atoms with Crippen molar-refractivity contribution in [3.8, 4) is 17.5 Å². The Morgan fingerprint density at radius 1 is 1.11 bits per heavy atom. The molecule has 1 unspecified atom stereocenters. The van der Waals surface area contributed by atoms with Crippen LogP contribution < -0.4 is 5.73 Å². The van der Waals surface area contributed by atoms with Crippen LogP contribution in [0.5, 0.6) is 0 Å². The Balaban J connectivity index is 1.71. The lowest BCUT2D eigenvalue weighted by atomic mass is 10.0. The molecule has 0 aliphatic rings. The molecule has 0 spiro atoms. The van der Waals surface area contributed by atoms with Gasteiger partial charge in [0.2, 0.25) is 5.95 Å². The molecule has 1 atom stereocenters. The van der Waals surface area contributed by atoms with Crippen LogP contribution in [0.4, 0.5) is 5.95 Å². The Bertz CT molecular complexity index is 1170. The molecule has 4 heterocycles. The van der Waals surface area contributed by atoms with E-state index >= 15 is 0 Å². The molecule has 8 nitrogen and oxygen atoms in total. The lowest BCUT2D eigenvalue weighted by Gasteiger charge is -2.14. The van der Waals surface area contributed by atoms with Crippen molar-refractivity contribution in [3.05, 3.63) is 66.8 Å². The highest BCUT2D eigenvalue weighted by Gasteiger charge is 2.21. The van der Waals surface area contributed by atoms with Crippen molar-refractivity contribution in [1.82, 2.24) is 29.5 Å². The highest BCUT2D eigenvalue weighted by Crippen LogP contribution is 2.19. The maximum absolute atomic E-state index is 10.5. The molecule has 4 aromatic rings. The summed E-state index contributed by atoms with van der Waals surface area (Å²) < 4.78 is 1.88. The number of aromatic nitrogens is 6. The van der Waals surface area contributed by atoms with Crippen LogP contribution in [0.1, 0.15) is 18.3 Å². The van der Waals surface area contributed by atoms with Gasteiger partial charge in [0.15, 0.2) is 5.60 Å². The molecule has 0 aromatic carbocycles. The summed E-state index contributed by atoms with van der Waals surface area (Å²) in [6.45, 7) is 1.56. The van der Waals surface area contributed by atoms with E-state index in [9.17, 15) is 5.11 Å². The van der Waals surface area contributed by atoms with E-state index < -0.39 is 5.60 Å². The number of fused-ring (bicyclic) bond motifs is 1. The molecule has 4 aromatic heterocycles. The highest BCUT2D eigenvalue weighted by atomic mass is 16.3. The number of aliphatic hydroxyl groups is 1. The molecule has 4 rings (SSSR count). The minimum atomic E-state index is -1.44. The van der Waals surface area contributed by atoms with Crippen LogP contribution in [0.3, 0.4) is 0 Å². The summed E-state index contributed by atoms with van der Waals surface area (Å²) in [5.41, 5.74) is 6.65. The molecule has 0 bridgehead atoms. The molecule has 3 N–H and O–H groups in total. The Hall–Kier alpha value is -3.83. The number of nitrogens with zero attached hydrogens (tertiary/aromatic N) is 6. The minimum absolute atomic E-state index is 0.205. The summed E-state index contributed by atoms with van der Waals surface area (Å²) in [4.78, 5) is 20.6. The van der Waals surface area contributed by atoms with Crippen molar-refractivity contribution in [2.24, 2.45) is 0 Å². The molecule has 0 amide bonds. The van der Waals surface area contributed by atoms with Crippen LogP contribution in [0.25, 0.3) is 16.7 Å². The summed E-state index contributed by atoms with van der Waals surface area (Å²) >= 11 is 0. The van der Waals surface area contributed by atoms with Gasteiger partial charge in [-0.3, -0.25) is 9.97 Å². The second kappa shape index (κ2) is 6.48. The zero-order valence-electron chi connectivity index (χ0n) is 14.4. The molecule has 8 heteroatoms. The maximum Gasteiger partial charge on any atom is 0.221 e. The van der Waals surface area contributed by atoms with Gasteiger partial charge in [0.25, 0.3) is 0 Å². The van der Waals surface area contributed by atoms with Crippen LogP contribution in [0, 0.1) is 11.8 Å². The molecule has 0 saturated heterocycles. The standard InChI is InChI=1S/C19H15N7O/c1-19(27,16-12-21-7-8-23-16)5-2-14-10-15(3-6-22-14)26-9-4-13-11-24-18(20)25-17(13)26/h3-4,6-12,27H,1H3,(H2,20,24,25). The monoisotopic (exact) mass is 357 g/mol. The normalized spacial score (nSPS) is 13.0. The maximum atomic E-state index is 10.5. The van der Waals surface area contributed by atoms with Crippen LogP contribution in [-0.4, -0.2) is 34.6 Å². The smallest absolute Gasteiger partial charge is 0.221 e. The summed E-state index contributed by atoms with van der Waals surface area (Å²) in [7, 11) is 0. The van der Waals surface area contributed by atoms with E-state index in [0.717, 1.165) is 11.1 Å². The molecule has 27 heavy (non-hydrogen) atoms. The lowest BCUT2D eigenvalue weighted by molar-refractivity contribution is 0.117. The van der Waals surface area contributed by atoms with Gasteiger partial charge in [-0.1, -0.05) is 5.92 Å². The van der Waals surface area contributed by atoms with E-state index in [1.807, 2.05) is 22.9 Å². The van der Waals surface area contributed by atoms with Gasteiger partial charge < -0.3 is 15.4 Å². The number of anilines is 1. The third-order valence-corrected chi connectivity index (χ3v) is 3.96. The first kappa shape index (κ1) is 16.6. The second-order valence-corrected chi connectivity index (χ2v) is 6.01. The third kappa shape index (κ3) is 3.31. The van der Waals surface area contributed by atoms with Gasteiger partial charge in [-0.25, -0.2) is 9.97 Å². The predicted octanol–water partition coefficient (Wildman–Crippen LogP) is 1.45. The fraction of sp³-hybridized carbons (Fsp3) is 0.105. The van der Waals surface area contributed by atoms with Crippen molar-refractivity contribution in [2.75, 3.05) is 5.73 Å². The second-order valence-electron chi connectivity index (χ2n) is 6.01. The summed E-state index contributed by atoms with van der Waals surface area (Å²) in [5.74, 6) is 5.90. The largest absolute Gasteiger partial charge is 0.372 e. The van der Waals surface area contributed by atoms with Crippen molar-refractivity contribution < 1.29 is 5.11 Å². The van der Waals surface area contributed by atoms with Gasteiger partial charge in [-0.05, 0) is 31.0 Å². The molecule has 0 saturated carbocycles. The van der Waals surface area contributed by atoms with Gasteiger partial charge in [0.05, 0.1) is 11.9 Å². The topological polar surface area (TPSA) is 116 Å². The van der Waals surface area contributed by atoms with E-state index in [-0.39, 0.29) is 5.95 Å². The third-order valence-electron chi connectivity index (χ3n) is 3.96. The first-order chi connectivity index (χ1) is 13.0. The van der Waals surface area contributed by atoms with E-state index in [2.05, 4.69) is 36.8 Å². The van der Waals surface area contributed by atoms with Gasteiger partial charge in [0.1, 0.15) is 17.0 Å². The highest BCUT2D eigenvalue weighted by molar-refractivity contribution is 5.78. The predicted molar refractivity (Wildman–Crippen MR) is 99.6 cm³/mol. The van der Waals surface area contributed by atoms with Crippen molar-refractivity contribution >= 4 is 17.0 Å². The van der Waals surface area contributed by atoms with E-state index in [4.69, 9.17) is 5.73 Å². The van der Waals surface area contributed by atoms with Gasteiger partial charge in [0, 0.05) is 36.4 Å². The number of nitrogen functional groups attached to an aromatic ring is 1. The SMILES string of the molecule is CC(O)(C#Cc1cc(-n2ccc3cnc(N)nc32)ccn1)c1cnccn1. The number of rotatable bonds is 2. The number of nitrogens with two attached hydrogens (primary N) is 1. The van der Waals surface area contributed by atoms with Crippen LogP contribution in [0.2, 0.25) is 0 Å². The number of hydrogen-bond acceptors (Lipinski definition) is 7. The molecule has 132 valence electrons. The van der Waals surface area contributed by atoms with E-state index in [1.165, 1.54) is 18.6 Å². The molecule has 0 radical (unpaired) electrons. The molecule has 0 aliphatic heterocycles. The summed E-state index contributed by atoms with van der Waals surface area (Å²) in [5, 5.41) is 11.4. The minimum Gasteiger partial charge on any atom is -0.372 e. The van der Waals surface area contributed by atoms with Crippen LogP contribution >= 0.6 is 0 Å². The van der Waals surface area contributed by atoms with Crippen LogP contribution in [0.15, 0.2) is 55.4 Å². The molecule has 0 fully saturated rings. The molecular formula is C19H15N7O. The van der Waals surface area contributed by atoms with Crippen molar-refractivity contribution in [2.45, 2.75) is 12.5 Å². The Morgan fingerprint density at radius 2 is 2.00 bits per heavy atom. The Labute approximate surface area is 154 Å². The van der Waals surface area contributed by atoms with Gasteiger partial charge in [-0.2, -0.15) is 4.98 Å². The summed E-state index contributed by atoms with van der Waals surface area (Å²) in [6, 6.07) is 5.54. The molecular weight excluding hydrogens is 342 g/mol. The van der Waals surface area contributed by atoms with E-state index in [1.54, 1.807) is 25.4 Å².